The fourth-order valence-corrected chi connectivity index (χ4v) is 1.42. The Bertz CT molecular complexity index is 609. The number of benzene rings is 1. The number of esters is 1. The van der Waals surface area contributed by atoms with Crippen LogP contribution in [0, 0.1) is 11.8 Å². The number of pyridine rings is 1. The minimum absolute atomic E-state index is 0.361. The highest BCUT2D eigenvalue weighted by molar-refractivity contribution is 5.89. The van der Waals surface area contributed by atoms with Crippen LogP contribution in [0.15, 0.2) is 48.8 Å². The van der Waals surface area contributed by atoms with E-state index in [1.54, 1.807) is 30.6 Å². The number of hydrogen-bond acceptors (Lipinski definition) is 3. The van der Waals surface area contributed by atoms with Crippen LogP contribution in [0.4, 0.5) is 0 Å². The number of carbonyl (C=O) groups excluding carboxylic acids is 1. The van der Waals surface area contributed by atoms with E-state index in [-0.39, 0.29) is 5.97 Å². The Morgan fingerprint density at radius 3 is 2.67 bits per heavy atom. The second-order valence-electron chi connectivity index (χ2n) is 3.56. The second kappa shape index (κ2) is 5.65. The molecule has 2 aromatic rings. The van der Waals surface area contributed by atoms with Gasteiger partial charge in [-0.25, -0.2) is 4.79 Å². The molecule has 0 saturated carbocycles. The summed E-state index contributed by atoms with van der Waals surface area (Å²) in [6, 6.07) is 10.7. The van der Waals surface area contributed by atoms with E-state index in [1.165, 1.54) is 7.11 Å². The molecule has 0 aliphatic rings. The molecule has 88 valence electrons. The largest absolute Gasteiger partial charge is 0.465 e. The average molecular weight is 237 g/mol. The summed E-state index contributed by atoms with van der Waals surface area (Å²) in [5.74, 6) is 5.60. The first kappa shape index (κ1) is 11.9. The van der Waals surface area contributed by atoms with Crippen molar-refractivity contribution in [2.24, 2.45) is 0 Å². The van der Waals surface area contributed by atoms with Crippen molar-refractivity contribution in [2.75, 3.05) is 7.11 Å². The van der Waals surface area contributed by atoms with Crippen molar-refractivity contribution in [2.45, 2.75) is 0 Å². The van der Waals surface area contributed by atoms with E-state index < -0.39 is 0 Å². The molecule has 1 aromatic carbocycles. The molecular formula is C15H11NO2. The van der Waals surface area contributed by atoms with Crippen molar-refractivity contribution in [3.05, 3.63) is 65.5 Å². The summed E-state index contributed by atoms with van der Waals surface area (Å²) in [5, 5.41) is 0. The summed E-state index contributed by atoms with van der Waals surface area (Å²) in [7, 11) is 1.36. The molecule has 1 aromatic heterocycles. The first-order chi connectivity index (χ1) is 8.79. The molecule has 0 aliphatic carbocycles. The second-order valence-corrected chi connectivity index (χ2v) is 3.56. The van der Waals surface area contributed by atoms with E-state index in [2.05, 4.69) is 21.6 Å². The third-order valence-corrected chi connectivity index (χ3v) is 2.30. The number of hydrogen-bond donors (Lipinski definition) is 0. The van der Waals surface area contributed by atoms with E-state index in [0.29, 0.717) is 5.56 Å². The highest BCUT2D eigenvalue weighted by Crippen LogP contribution is 2.05. The van der Waals surface area contributed by atoms with Gasteiger partial charge in [-0.05, 0) is 30.3 Å². The number of rotatable bonds is 1. The molecule has 0 saturated heterocycles. The molecule has 3 heteroatoms. The average Bonchev–Trinajstić information content (AvgIpc) is 2.45. The lowest BCUT2D eigenvalue weighted by Crippen LogP contribution is -2.00. The Balaban J connectivity index is 2.25. The van der Waals surface area contributed by atoms with Crippen LogP contribution < -0.4 is 0 Å². The van der Waals surface area contributed by atoms with Crippen LogP contribution in [-0.4, -0.2) is 18.1 Å². The fourth-order valence-electron chi connectivity index (χ4n) is 1.42. The Labute approximate surface area is 105 Å². The summed E-state index contributed by atoms with van der Waals surface area (Å²) >= 11 is 0. The van der Waals surface area contributed by atoms with Crippen LogP contribution in [0.1, 0.15) is 21.5 Å². The van der Waals surface area contributed by atoms with E-state index in [9.17, 15) is 4.79 Å². The molecule has 0 fully saturated rings. The van der Waals surface area contributed by atoms with Crippen LogP contribution in [-0.2, 0) is 4.74 Å². The molecule has 0 amide bonds. The van der Waals surface area contributed by atoms with Gasteiger partial charge < -0.3 is 4.74 Å². The maximum absolute atomic E-state index is 11.4. The maximum atomic E-state index is 11.4. The van der Waals surface area contributed by atoms with Gasteiger partial charge in [-0.3, -0.25) is 4.98 Å². The van der Waals surface area contributed by atoms with Gasteiger partial charge in [0.15, 0.2) is 0 Å². The zero-order chi connectivity index (χ0) is 12.8. The molecule has 0 spiro atoms. The normalized spacial score (nSPS) is 9.17. The molecule has 0 bridgehead atoms. The van der Waals surface area contributed by atoms with Crippen LogP contribution in [0.25, 0.3) is 0 Å². The number of nitrogens with zero attached hydrogens (tertiary/aromatic N) is 1. The summed E-state index contributed by atoms with van der Waals surface area (Å²) in [6.07, 6.45) is 3.39. The highest BCUT2D eigenvalue weighted by Gasteiger charge is 2.03. The van der Waals surface area contributed by atoms with Crippen molar-refractivity contribution in [1.29, 1.82) is 0 Å². The molecule has 0 atom stereocenters. The fraction of sp³-hybridized carbons (Fsp3) is 0.0667. The Hall–Kier alpha value is -2.60. The summed E-state index contributed by atoms with van der Waals surface area (Å²) in [5.41, 5.74) is 2.10. The Kier molecular flexibility index (Phi) is 3.72. The SMILES string of the molecule is COC(=O)c1cccc(C#Cc2cccnc2)c1. The molecule has 18 heavy (non-hydrogen) atoms. The van der Waals surface area contributed by atoms with Gasteiger partial charge in [0.1, 0.15) is 0 Å². The van der Waals surface area contributed by atoms with Gasteiger partial charge in [-0.2, -0.15) is 0 Å². The molecule has 0 radical (unpaired) electrons. The van der Waals surface area contributed by atoms with Crippen LogP contribution in [0.3, 0.4) is 0 Å². The molecule has 1 heterocycles. The van der Waals surface area contributed by atoms with Crippen molar-refractivity contribution in [3.8, 4) is 11.8 Å². The minimum atomic E-state index is -0.361. The summed E-state index contributed by atoms with van der Waals surface area (Å²) < 4.78 is 4.66. The number of carbonyl (C=O) groups is 1. The standard InChI is InChI=1S/C15H11NO2/c1-18-15(17)14-6-2-4-12(10-14)7-8-13-5-3-9-16-11-13/h2-6,9-11H,1H3. The quantitative estimate of drug-likeness (QED) is 0.564. The van der Waals surface area contributed by atoms with Gasteiger partial charge in [0.05, 0.1) is 12.7 Å². The molecule has 0 N–H and O–H groups in total. The van der Waals surface area contributed by atoms with Gasteiger partial charge >= 0.3 is 5.97 Å². The first-order valence-electron chi connectivity index (χ1n) is 5.40. The third-order valence-electron chi connectivity index (χ3n) is 2.30. The van der Waals surface area contributed by atoms with Gasteiger partial charge in [-0.1, -0.05) is 17.9 Å². The lowest BCUT2D eigenvalue weighted by atomic mass is 10.1. The molecular weight excluding hydrogens is 226 g/mol. The topological polar surface area (TPSA) is 39.2 Å². The smallest absolute Gasteiger partial charge is 0.337 e. The predicted molar refractivity (Wildman–Crippen MR) is 68.0 cm³/mol. The van der Waals surface area contributed by atoms with Gasteiger partial charge in [0.2, 0.25) is 0 Å². The van der Waals surface area contributed by atoms with E-state index in [4.69, 9.17) is 0 Å². The first-order valence-corrected chi connectivity index (χ1v) is 5.40. The Morgan fingerprint density at radius 1 is 1.17 bits per heavy atom. The number of methoxy groups -OCH3 is 1. The zero-order valence-electron chi connectivity index (χ0n) is 9.88. The maximum Gasteiger partial charge on any atom is 0.337 e. The lowest BCUT2D eigenvalue weighted by Gasteiger charge is -1.98. The zero-order valence-corrected chi connectivity index (χ0v) is 9.88. The predicted octanol–water partition coefficient (Wildman–Crippen LogP) is 2.27. The van der Waals surface area contributed by atoms with Crippen molar-refractivity contribution >= 4 is 5.97 Å². The lowest BCUT2D eigenvalue weighted by molar-refractivity contribution is 0.0600. The van der Waals surface area contributed by atoms with Crippen molar-refractivity contribution < 1.29 is 9.53 Å². The minimum Gasteiger partial charge on any atom is -0.465 e. The third kappa shape index (κ3) is 2.96. The molecule has 3 nitrogen and oxygen atoms in total. The van der Waals surface area contributed by atoms with Crippen LogP contribution in [0.2, 0.25) is 0 Å². The van der Waals surface area contributed by atoms with E-state index in [0.717, 1.165) is 11.1 Å². The summed E-state index contributed by atoms with van der Waals surface area (Å²) in [6.45, 7) is 0. The van der Waals surface area contributed by atoms with Crippen LogP contribution in [0.5, 0.6) is 0 Å². The molecule has 2 rings (SSSR count). The van der Waals surface area contributed by atoms with Gasteiger partial charge in [0.25, 0.3) is 0 Å². The molecule has 0 unspecified atom stereocenters. The summed E-state index contributed by atoms with van der Waals surface area (Å²) in [4.78, 5) is 15.3. The Morgan fingerprint density at radius 2 is 1.94 bits per heavy atom. The van der Waals surface area contributed by atoms with Crippen LogP contribution >= 0.6 is 0 Å². The van der Waals surface area contributed by atoms with Gasteiger partial charge in [0, 0.05) is 23.5 Å². The molecule has 0 aliphatic heterocycles. The van der Waals surface area contributed by atoms with Gasteiger partial charge in [-0.15, -0.1) is 0 Å². The monoisotopic (exact) mass is 237 g/mol. The van der Waals surface area contributed by atoms with E-state index >= 15 is 0 Å². The number of ether oxygens (including phenoxy) is 1. The van der Waals surface area contributed by atoms with Crippen molar-refractivity contribution in [3.63, 3.8) is 0 Å². The highest BCUT2D eigenvalue weighted by atomic mass is 16.5. The van der Waals surface area contributed by atoms with Crippen molar-refractivity contribution in [1.82, 2.24) is 4.98 Å². The number of aromatic nitrogens is 1. The van der Waals surface area contributed by atoms with E-state index in [1.807, 2.05) is 18.2 Å².